The third-order valence-electron chi connectivity index (χ3n) is 9.56. The van der Waals surface area contributed by atoms with Gasteiger partial charge in [-0.1, -0.05) is 52.8 Å². The van der Waals surface area contributed by atoms with E-state index in [1.165, 1.54) is 31.3 Å². The Labute approximate surface area is 177 Å². The molecule has 0 saturated heterocycles. The maximum atomic E-state index is 11.9. The lowest BCUT2D eigenvalue weighted by molar-refractivity contribution is -0.110. The van der Waals surface area contributed by atoms with Crippen molar-refractivity contribution in [1.29, 1.82) is 0 Å². The molecule has 4 rings (SSSR count). The van der Waals surface area contributed by atoms with Crippen LogP contribution in [0.2, 0.25) is 0 Å². The van der Waals surface area contributed by atoms with E-state index in [2.05, 4.69) is 52.8 Å². The summed E-state index contributed by atoms with van der Waals surface area (Å²) in [5, 5.41) is 10.3. The Kier molecular flexibility index (Phi) is 5.47. The zero-order valence-corrected chi connectivity index (χ0v) is 19.0. The quantitative estimate of drug-likeness (QED) is 0.608. The number of hydrogen-bond donors (Lipinski definition) is 1. The first-order valence-electron chi connectivity index (χ1n) is 12.0. The second kappa shape index (κ2) is 7.52. The molecule has 0 unspecified atom stereocenters. The maximum absolute atomic E-state index is 11.9. The van der Waals surface area contributed by atoms with E-state index in [9.17, 15) is 9.90 Å². The van der Waals surface area contributed by atoms with Gasteiger partial charge in [-0.05, 0) is 97.2 Å². The Balaban J connectivity index is 1.53. The van der Waals surface area contributed by atoms with Gasteiger partial charge in [-0.3, -0.25) is 4.79 Å². The number of carbonyl (C=O) groups excluding carboxylic acids is 1. The molecule has 0 amide bonds. The van der Waals surface area contributed by atoms with E-state index < -0.39 is 0 Å². The van der Waals surface area contributed by atoms with Gasteiger partial charge in [0.1, 0.15) is 0 Å². The fourth-order valence-corrected chi connectivity index (χ4v) is 7.59. The molecule has 0 radical (unpaired) electrons. The Hall–Kier alpha value is -1.15. The summed E-state index contributed by atoms with van der Waals surface area (Å²) in [6, 6.07) is 0. The first kappa shape index (κ1) is 21.1. The number of hydrogen-bond acceptors (Lipinski definition) is 2. The molecule has 0 aromatic carbocycles. The number of carbonyl (C=O) groups is 1. The van der Waals surface area contributed by atoms with Crippen LogP contribution in [0.4, 0.5) is 0 Å². The number of allylic oxidation sites excluding steroid dienone is 6. The maximum Gasteiger partial charge on any atom is 0.178 e. The van der Waals surface area contributed by atoms with Crippen molar-refractivity contribution in [3.63, 3.8) is 0 Å². The molecule has 0 bridgehead atoms. The van der Waals surface area contributed by atoms with Gasteiger partial charge in [-0.2, -0.15) is 0 Å². The molecule has 2 fully saturated rings. The Bertz CT molecular complexity index is 744. The normalized spacial score (nSPS) is 42.9. The molecule has 0 heterocycles. The SMILES string of the molecule is CC(C)[C@@H](O)CC[C@@H](C)[C@H]1CC[C@H]2[C@@H]3C=CC4=CC(=O)C=C[C@]4(C)[C@H]3CC[C@]12C. The zero-order valence-electron chi connectivity index (χ0n) is 19.0. The predicted molar refractivity (Wildman–Crippen MR) is 119 cm³/mol. The van der Waals surface area contributed by atoms with Crippen molar-refractivity contribution < 1.29 is 9.90 Å². The summed E-state index contributed by atoms with van der Waals surface area (Å²) in [6.07, 6.45) is 17.7. The second-order valence-electron chi connectivity index (χ2n) is 11.4. The summed E-state index contributed by atoms with van der Waals surface area (Å²) in [5.41, 5.74) is 1.67. The van der Waals surface area contributed by atoms with E-state index in [1.54, 1.807) is 6.08 Å². The highest BCUT2D eigenvalue weighted by molar-refractivity contribution is 6.01. The van der Waals surface area contributed by atoms with Crippen molar-refractivity contribution in [2.45, 2.75) is 79.2 Å². The van der Waals surface area contributed by atoms with Crippen molar-refractivity contribution in [2.24, 2.45) is 46.3 Å². The molecule has 160 valence electrons. The topological polar surface area (TPSA) is 37.3 Å². The van der Waals surface area contributed by atoms with Crippen LogP contribution in [-0.4, -0.2) is 17.0 Å². The van der Waals surface area contributed by atoms with Gasteiger partial charge in [0, 0.05) is 5.41 Å². The summed E-state index contributed by atoms with van der Waals surface area (Å²) in [5.74, 6) is 3.96. The molecule has 1 N–H and O–H groups in total. The minimum absolute atomic E-state index is 0.0275. The molecule has 8 atom stereocenters. The summed E-state index contributed by atoms with van der Waals surface area (Å²) < 4.78 is 0. The van der Waals surface area contributed by atoms with Crippen LogP contribution in [0, 0.1) is 46.3 Å². The van der Waals surface area contributed by atoms with E-state index in [0.29, 0.717) is 29.1 Å². The molecular formula is C27H40O2. The van der Waals surface area contributed by atoms with Crippen LogP contribution in [0.15, 0.2) is 36.0 Å². The average Bonchev–Trinajstić information content (AvgIpc) is 3.03. The van der Waals surface area contributed by atoms with Crippen LogP contribution in [0.1, 0.15) is 73.1 Å². The minimum atomic E-state index is -0.162. The van der Waals surface area contributed by atoms with Crippen LogP contribution in [0.25, 0.3) is 0 Å². The fourth-order valence-electron chi connectivity index (χ4n) is 7.59. The van der Waals surface area contributed by atoms with Crippen LogP contribution in [0.3, 0.4) is 0 Å². The fraction of sp³-hybridized carbons (Fsp3) is 0.741. The Morgan fingerprint density at radius 2 is 1.83 bits per heavy atom. The van der Waals surface area contributed by atoms with E-state index in [0.717, 1.165) is 24.7 Å². The molecule has 2 saturated carbocycles. The van der Waals surface area contributed by atoms with Crippen molar-refractivity contribution in [2.75, 3.05) is 0 Å². The lowest BCUT2D eigenvalue weighted by Crippen LogP contribution is -2.48. The van der Waals surface area contributed by atoms with E-state index in [-0.39, 0.29) is 17.3 Å². The summed E-state index contributed by atoms with van der Waals surface area (Å²) in [4.78, 5) is 11.9. The minimum Gasteiger partial charge on any atom is -0.393 e. The summed E-state index contributed by atoms with van der Waals surface area (Å²) in [7, 11) is 0. The lowest BCUT2D eigenvalue weighted by Gasteiger charge is -2.55. The average molecular weight is 397 g/mol. The van der Waals surface area contributed by atoms with Gasteiger partial charge in [0.15, 0.2) is 5.78 Å². The smallest absolute Gasteiger partial charge is 0.178 e. The molecule has 0 aromatic rings. The molecule has 29 heavy (non-hydrogen) atoms. The lowest BCUT2D eigenvalue weighted by atomic mass is 9.49. The van der Waals surface area contributed by atoms with Crippen LogP contribution < -0.4 is 0 Å². The first-order chi connectivity index (χ1) is 13.7. The van der Waals surface area contributed by atoms with Gasteiger partial charge in [-0.15, -0.1) is 0 Å². The summed E-state index contributed by atoms with van der Waals surface area (Å²) in [6.45, 7) is 11.6. The van der Waals surface area contributed by atoms with Gasteiger partial charge in [0.05, 0.1) is 6.10 Å². The number of fused-ring (bicyclic) bond motifs is 5. The van der Waals surface area contributed by atoms with Gasteiger partial charge < -0.3 is 5.11 Å². The van der Waals surface area contributed by atoms with Crippen molar-refractivity contribution in [1.82, 2.24) is 0 Å². The molecule has 2 nitrogen and oxygen atoms in total. The van der Waals surface area contributed by atoms with Gasteiger partial charge in [0.2, 0.25) is 0 Å². The van der Waals surface area contributed by atoms with Gasteiger partial charge in [-0.25, -0.2) is 0 Å². The molecule has 0 aromatic heterocycles. The van der Waals surface area contributed by atoms with Crippen LogP contribution in [0.5, 0.6) is 0 Å². The van der Waals surface area contributed by atoms with Crippen LogP contribution in [-0.2, 0) is 4.79 Å². The molecule has 0 aliphatic heterocycles. The highest BCUT2D eigenvalue weighted by Crippen LogP contribution is 2.65. The molecule has 0 spiro atoms. The van der Waals surface area contributed by atoms with Gasteiger partial charge in [0.25, 0.3) is 0 Å². The first-order valence-corrected chi connectivity index (χ1v) is 12.0. The predicted octanol–water partition coefficient (Wildman–Crippen LogP) is 6.12. The summed E-state index contributed by atoms with van der Waals surface area (Å²) >= 11 is 0. The Morgan fingerprint density at radius 1 is 1.07 bits per heavy atom. The molecular weight excluding hydrogens is 356 g/mol. The van der Waals surface area contributed by atoms with E-state index in [4.69, 9.17) is 0 Å². The molecule has 2 heteroatoms. The van der Waals surface area contributed by atoms with Crippen molar-refractivity contribution in [3.8, 4) is 0 Å². The number of aliphatic hydroxyl groups excluding tert-OH is 1. The van der Waals surface area contributed by atoms with E-state index in [1.807, 2.05) is 6.08 Å². The van der Waals surface area contributed by atoms with Gasteiger partial charge >= 0.3 is 0 Å². The largest absolute Gasteiger partial charge is 0.393 e. The third kappa shape index (κ3) is 3.40. The monoisotopic (exact) mass is 396 g/mol. The number of rotatable bonds is 5. The third-order valence-corrected chi connectivity index (χ3v) is 9.56. The zero-order chi connectivity index (χ0) is 21.0. The Morgan fingerprint density at radius 3 is 2.55 bits per heavy atom. The van der Waals surface area contributed by atoms with Crippen molar-refractivity contribution in [3.05, 3.63) is 36.0 Å². The van der Waals surface area contributed by atoms with Crippen molar-refractivity contribution >= 4 is 5.78 Å². The molecule has 4 aliphatic carbocycles. The highest BCUT2D eigenvalue weighted by Gasteiger charge is 2.58. The molecule has 4 aliphatic rings. The number of ketones is 1. The van der Waals surface area contributed by atoms with Crippen LogP contribution >= 0.6 is 0 Å². The standard InChI is InChI=1S/C27H40O2/c1-17(2)25(29)11-6-18(3)22-9-10-23-21-8-7-19-16-20(28)12-14-26(19,4)24(21)13-15-27(22,23)5/h7-8,12,14,16-18,21-25,29H,6,9-11,13,15H2,1-5H3/t18-,21+,22-,23+,24+,25+,26+,27-/m1/s1. The number of aliphatic hydroxyl groups is 1. The highest BCUT2D eigenvalue weighted by atomic mass is 16.3. The van der Waals surface area contributed by atoms with E-state index >= 15 is 0 Å². The second-order valence-corrected chi connectivity index (χ2v) is 11.4.